The van der Waals surface area contributed by atoms with Crippen molar-refractivity contribution < 1.29 is 27.9 Å². The number of amides is 1. The Bertz CT molecular complexity index is 884. The summed E-state index contributed by atoms with van der Waals surface area (Å²) in [6.07, 6.45) is -5.25. The van der Waals surface area contributed by atoms with Crippen LogP contribution < -0.4 is 0 Å². The van der Waals surface area contributed by atoms with E-state index in [1.807, 2.05) is 0 Å². The Hall–Kier alpha value is -1.96. The number of halogens is 6. The second-order valence-corrected chi connectivity index (χ2v) is 7.49. The second-order valence-electron chi connectivity index (χ2n) is 6.24. The van der Waals surface area contributed by atoms with Crippen LogP contribution in [0.4, 0.5) is 13.2 Å². The van der Waals surface area contributed by atoms with E-state index in [0.29, 0.717) is 15.5 Å². The van der Waals surface area contributed by atoms with Crippen molar-refractivity contribution in [2.45, 2.75) is 24.6 Å². The molecule has 2 aromatic carbocycles. The molecule has 4 nitrogen and oxygen atoms in total. The number of aliphatic carboxylic acids is 1. The minimum atomic E-state index is -5.04. The minimum absolute atomic E-state index is 0.213. The molecule has 0 spiro atoms. The molecule has 2 atom stereocenters. The van der Waals surface area contributed by atoms with Crippen LogP contribution in [-0.4, -0.2) is 41.1 Å². The zero-order chi connectivity index (χ0) is 21.9. The van der Waals surface area contributed by atoms with Crippen molar-refractivity contribution in [1.29, 1.82) is 0 Å². The number of carbonyl (C=O) groups excluding carboxylic acids is 1. The van der Waals surface area contributed by atoms with Gasteiger partial charge in [-0.3, -0.25) is 4.79 Å². The van der Waals surface area contributed by atoms with E-state index in [2.05, 4.69) is 0 Å². The van der Waals surface area contributed by atoms with E-state index in [0.717, 1.165) is 7.05 Å². The van der Waals surface area contributed by atoms with Gasteiger partial charge in [0.15, 0.2) is 5.92 Å². The molecule has 0 heterocycles. The topological polar surface area (TPSA) is 57.6 Å². The summed E-state index contributed by atoms with van der Waals surface area (Å²) in [4.78, 5) is 25.0. The molecular weight excluding hydrogens is 454 g/mol. The summed E-state index contributed by atoms with van der Waals surface area (Å²) in [7, 11) is 1.00. The summed E-state index contributed by atoms with van der Waals surface area (Å²) in [5.74, 6) is -5.64. The number of nitrogens with zero attached hydrogens (tertiary/aromatic N) is 1. The van der Waals surface area contributed by atoms with Crippen molar-refractivity contribution in [2.75, 3.05) is 7.05 Å². The molecular formula is C19H15Cl3F3NO3. The molecule has 29 heavy (non-hydrogen) atoms. The third-order valence-corrected chi connectivity index (χ3v) is 5.22. The van der Waals surface area contributed by atoms with Crippen LogP contribution in [0.25, 0.3) is 0 Å². The molecule has 2 aromatic rings. The van der Waals surface area contributed by atoms with Crippen molar-refractivity contribution in [3.05, 3.63) is 68.7 Å². The van der Waals surface area contributed by atoms with E-state index in [-0.39, 0.29) is 16.5 Å². The Kier molecular flexibility index (Phi) is 7.43. The van der Waals surface area contributed by atoms with Gasteiger partial charge in [0, 0.05) is 34.1 Å². The van der Waals surface area contributed by atoms with Gasteiger partial charge in [-0.1, -0.05) is 53.0 Å². The molecule has 1 N–H and O–H groups in total. The molecule has 0 radical (unpaired) electrons. The number of hydrogen-bond acceptors (Lipinski definition) is 2. The fourth-order valence-electron chi connectivity index (χ4n) is 2.80. The van der Waals surface area contributed by atoms with E-state index in [9.17, 15) is 27.9 Å². The maximum atomic E-state index is 13.8. The standard InChI is InChI=1S/C19H15Cl3F3NO3/c1-26(14(18(28)29)9-10-5-7-11(20)8-6-10)17(27)16(19(23,24)25)15-12(21)3-2-4-13(15)22/h2-8,14,16H,9H2,1H3,(H,28,29). The molecule has 10 heteroatoms. The Labute approximate surface area is 179 Å². The number of alkyl halides is 3. The minimum Gasteiger partial charge on any atom is -0.480 e. The van der Waals surface area contributed by atoms with E-state index in [4.69, 9.17) is 34.8 Å². The van der Waals surface area contributed by atoms with Gasteiger partial charge in [0.25, 0.3) is 0 Å². The fraction of sp³-hybridized carbons (Fsp3) is 0.263. The third kappa shape index (κ3) is 5.56. The van der Waals surface area contributed by atoms with E-state index >= 15 is 0 Å². The molecule has 2 unspecified atom stereocenters. The fourth-order valence-corrected chi connectivity index (χ4v) is 3.55. The Morgan fingerprint density at radius 2 is 1.55 bits per heavy atom. The first-order valence-corrected chi connectivity index (χ1v) is 9.31. The predicted octanol–water partition coefficient (Wildman–Crippen LogP) is 5.45. The zero-order valence-electron chi connectivity index (χ0n) is 14.9. The van der Waals surface area contributed by atoms with Crippen molar-refractivity contribution >= 4 is 46.7 Å². The number of likely N-dealkylation sites (N-methyl/N-ethyl adjacent to an activating group) is 1. The predicted molar refractivity (Wildman–Crippen MR) is 105 cm³/mol. The molecule has 2 rings (SSSR count). The van der Waals surface area contributed by atoms with Gasteiger partial charge >= 0.3 is 12.1 Å². The Morgan fingerprint density at radius 3 is 2.00 bits per heavy atom. The highest BCUT2D eigenvalue weighted by Gasteiger charge is 2.50. The SMILES string of the molecule is CN(C(=O)C(c1c(Cl)cccc1Cl)C(F)(F)F)C(Cc1ccc(Cl)cc1)C(=O)O. The van der Waals surface area contributed by atoms with E-state index < -0.39 is 35.6 Å². The first-order valence-electron chi connectivity index (χ1n) is 8.18. The highest BCUT2D eigenvalue weighted by molar-refractivity contribution is 6.36. The lowest BCUT2D eigenvalue weighted by atomic mass is 9.95. The quantitative estimate of drug-likeness (QED) is 0.614. The Balaban J connectivity index is 2.42. The largest absolute Gasteiger partial charge is 0.480 e. The average molecular weight is 469 g/mol. The summed E-state index contributed by atoms with van der Waals surface area (Å²) in [6.45, 7) is 0. The summed E-state index contributed by atoms with van der Waals surface area (Å²) in [5, 5.41) is 9.25. The second kappa shape index (κ2) is 9.24. The number of benzene rings is 2. The first-order chi connectivity index (χ1) is 13.4. The van der Waals surface area contributed by atoms with Crippen LogP contribution in [-0.2, 0) is 16.0 Å². The number of rotatable bonds is 6. The van der Waals surface area contributed by atoms with Gasteiger partial charge in [-0.05, 0) is 29.8 Å². The molecule has 0 aliphatic rings. The molecule has 0 aliphatic carbocycles. The Morgan fingerprint density at radius 1 is 1.03 bits per heavy atom. The number of carboxylic acid groups (broad SMARTS) is 1. The van der Waals surface area contributed by atoms with Crippen LogP contribution in [0.3, 0.4) is 0 Å². The lowest BCUT2D eigenvalue weighted by molar-refractivity contribution is -0.175. The zero-order valence-corrected chi connectivity index (χ0v) is 17.1. The van der Waals surface area contributed by atoms with Gasteiger partial charge in [0.05, 0.1) is 0 Å². The van der Waals surface area contributed by atoms with Crippen LogP contribution in [0.5, 0.6) is 0 Å². The molecule has 0 saturated carbocycles. The molecule has 0 bridgehead atoms. The molecule has 156 valence electrons. The van der Waals surface area contributed by atoms with Crippen LogP contribution in [0.2, 0.25) is 15.1 Å². The maximum absolute atomic E-state index is 13.8. The van der Waals surface area contributed by atoms with Gasteiger partial charge in [-0.15, -0.1) is 0 Å². The van der Waals surface area contributed by atoms with Gasteiger partial charge in [-0.25, -0.2) is 4.79 Å². The summed E-state index contributed by atoms with van der Waals surface area (Å²) >= 11 is 17.5. The van der Waals surface area contributed by atoms with Crippen molar-refractivity contribution in [2.24, 2.45) is 0 Å². The van der Waals surface area contributed by atoms with Gasteiger partial charge in [0.2, 0.25) is 5.91 Å². The van der Waals surface area contributed by atoms with Gasteiger partial charge in [-0.2, -0.15) is 13.2 Å². The maximum Gasteiger partial charge on any atom is 0.404 e. The molecule has 0 saturated heterocycles. The molecule has 0 aromatic heterocycles. The lowest BCUT2D eigenvalue weighted by Crippen LogP contribution is -2.48. The first kappa shape index (κ1) is 23.3. The number of carbonyl (C=O) groups is 2. The van der Waals surface area contributed by atoms with Crippen LogP contribution >= 0.6 is 34.8 Å². The smallest absolute Gasteiger partial charge is 0.404 e. The summed E-state index contributed by atoms with van der Waals surface area (Å²) < 4.78 is 41.4. The number of hydrogen-bond donors (Lipinski definition) is 1. The van der Waals surface area contributed by atoms with E-state index in [1.54, 1.807) is 0 Å². The van der Waals surface area contributed by atoms with Crippen molar-refractivity contribution in [3.63, 3.8) is 0 Å². The highest BCUT2D eigenvalue weighted by atomic mass is 35.5. The summed E-state index contributed by atoms with van der Waals surface area (Å²) in [6, 6.07) is 8.24. The highest BCUT2D eigenvalue weighted by Crippen LogP contribution is 2.42. The summed E-state index contributed by atoms with van der Waals surface area (Å²) in [5.41, 5.74) is -0.128. The van der Waals surface area contributed by atoms with Gasteiger partial charge < -0.3 is 10.0 Å². The number of carboxylic acids is 1. The monoisotopic (exact) mass is 467 g/mol. The van der Waals surface area contributed by atoms with Crippen LogP contribution in [0.15, 0.2) is 42.5 Å². The van der Waals surface area contributed by atoms with Crippen LogP contribution in [0.1, 0.15) is 17.0 Å². The van der Waals surface area contributed by atoms with Crippen LogP contribution in [0, 0.1) is 0 Å². The lowest BCUT2D eigenvalue weighted by Gasteiger charge is -2.30. The van der Waals surface area contributed by atoms with Crippen molar-refractivity contribution in [1.82, 2.24) is 4.90 Å². The average Bonchev–Trinajstić information content (AvgIpc) is 2.62. The van der Waals surface area contributed by atoms with E-state index in [1.165, 1.54) is 42.5 Å². The third-order valence-electron chi connectivity index (χ3n) is 4.31. The molecule has 1 amide bonds. The molecule has 0 aliphatic heterocycles. The van der Waals surface area contributed by atoms with Gasteiger partial charge in [0.1, 0.15) is 6.04 Å². The molecule has 0 fully saturated rings. The normalized spacial score (nSPS) is 13.6. The van der Waals surface area contributed by atoms with Crippen molar-refractivity contribution in [3.8, 4) is 0 Å².